The minimum Gasteiger partial charge on any atom is -0.406 e. The van der Waals surface area contributed by atoms with Crippen LogP contribution in [0.1, 0.15) is 15.9 Å². The maximum atomic E-state index is 12.8. The lowest BCUT2D eigenvalue weighted by molar-refractivity contribution is -0.274. The van der Waals surface area contributed by atoms with Crippen LogP contribution in [0.2, 0.25) is 10.0 Å². The van der Waals surface area contributed by atoms with Gasteiger partial charge >= 0.3 is 6.36 Å². The van der Waals surface area contributed by atoms with E-state index in [9.17, 15) is 18.0 Å². The van der Waals surface area contributed by atoms with E-state index in [0.717, 1.165) is 5.56 Å². The number of rotatable bonds is 6. The molecule has 0 heterocycles. The van der Waals surface area contributed by atoms with E-state index < -0.39 is 18.0 Å². The third-order valence-corrected chi connectivity index (χ3v) is 5.93. The van der Waals surface area contributed by atoms with Crippen molar-refractivity contribution in [3.05, 3.63) is 87.9 Å². The highest BCUT2D eigenvalue weighted by Gasteiger charge is 2.31. The number of nitrogens with zero attached hydrogens (tertiary/aromatic N) is 4. The highest BCUT2D eigenvalue weighted by molar-refractivity contribution is 6.42. The van der Waals surface area contributed by atoms with E-state index in [4.69, 9.17) is 34.9 Å². The molecule has 3 aromatic rings. The molecule has 0 radical (unpaired) electrons. The number of amides is 1. The van der Waals surface area contributed by atoms with Gasteiger partial charge in [-0.1, -0.05) is 41.4 Å². The molecule has 15 heteroatoms. The highest BCUT2D eigenvalue weighted by atomic mass is 35.5. The number of carbonyl (C=O) groups excluding carboxylic acids is 1. The van der Waals surface area contributed by atoms with Crippen LogP contribution in [-0.2, 0) is 6.54 Å². The van der Waals surface area contributed by atoms with Crippen molar-refractivity contribution in [3.8, 4) is 5.75 Å². The predicted octanol–water partition coefficient (Wildman–Crippen LogP) is 4.57. The summed E-state index contributed by atoms with van der Waals surface area (Å²) in [6.45, 7) is 0.232. The van der Waals surface area contributed by atoms with Gasteiger partial charge in [0, 0.05) is 31.4 Å². The van der Waals surface area contributed by atoms with Gasteiger partial charge in [0.2, 0.25) is 11.9 Å². The Bertz CT molecular complexity index is 1400. The zero-order chi connectivity index (χ0) is 29.4. The van der Waals surface area contributed by atoms with Gasteiger partial charge in [-0.3, -0.25) is 15.5 Å². The number of anilines is 1. The molecule has 3 aromatic carbocycles. The van der Waals surface area contributed by atoms with Crippen LogP contribution in [0.4, 0.5) is 24.5 Å². The fourth-order valence-corrected chi connectivity index (χ4v) is 3.72. The predicted molar refractivity (Wildman–Crippen MR) is 149 cm³/mol. The molecule has 0 saturated carbocycles. The van der Waals surface area contributed by atoms with E-state index in [1.165, 1.54) is 18.2 Å². The summed E-state index contributed by atoms with van der Waals surface area (Å²) in [5.41, 5.74) is 4.05. The number of carbonyl (C=O) groups is 1. The molecule has 0 unspecified atom stereocenters. The van der Waals surface area contributed by atoms with E-state index >= 15 is 0 Å². The molecule has 0 aliphatic heterocycles. The summed E-state index contributed by atoms with van der Waals surface area (Å²) in [5, 5.41) is 6.36. The number of nitrogens with two attached hydrogens (primary N) is 2. The van der Waals surface area contributed by atoms with E-state index in [1.54, 1.807) is 72.4 Å². The first-order valence-corrected chi connectivity index (χ1v) is 12.1. The number of halogens is 5. The number of benzene rings is 3. The fourth-order valence-electron chi connectivity index (χ4n) is 3.43. The van der Waals surface area contributed by atoms with Crippen LogP contribution in [0.3, 0.4) is 0 Å². The van der Waals surface area contributed by atoms with Gasteiger partial charge < -0.3 is 20.4 Å². The Morgan fingerprint density at radius 1 is 1.02 bits per heavy atom. The number of nitrogens with one attached hydrogen (secondary N) is 2. The molecular weight excluding hydrogens is 572 g/mol. The Morgan fingerprint density at radius 3 is 2.30 bits per heavy atom. The molecule has 0 atom stereocenters. The normalized spacial score (nSPS) is 12.1. The van der Waals surface area contributed by atoms with Crippen molar-refractivity contribution in [1.29, 1.82) is 0 Å². The number of alkyl halides is 3. The Kier molecular flexibility index (Phi) is 10.0. The first kappa shape index (κ1) is 30.3. The lowest BCUT2D eigenvalue weighted by Crippen LogP contribution is -2.45. The Morgan fingerprint density at radius 2 is 1.73 bits per heavy atom. The molecule has 1 amide bonds. The van der Waals surface area contributed by atoms with Crippen molar-refractivity contribution in [2.24, 2.45) is 21.8 Å². The number of hydrogen-bond donors (Lipinski definition) is 4. The number of guanidine groups is 2. The van der Waals surface area contributed by atoms with Gasteiger partial charge in [-0.05, 0) is 48.0 Å². The second-order valence-corrected chi connectivity index (χ2v) is 9.12. The van der Waals surface area contributed by atoms with Crippen LogP contribution in [-0.4, -0.2) is 43.2 Å². The summed E-state index contributed by atoms with van der Waals surface area (Å²) in [7, 11) is 3.46. The van der Waals surface area contributed by atoms with E-state index in [1.807, 2.05) is 0 Å². The number of aliphatic imine (C=N–C) groups is 1. The van der Waals surface area contributed by atoms with Gasteiger partial charge in [0.25, 0.3) is 5.91 Å². The largest absolute Gasteiger partial charge is 0.573 e. The number of ether oxygens (including phenoxy) is 1. The quantitative estimate of drug-likeness (QED) is 0.142. The standard InChI is InChI=1S/C25H25Cl2F3N8O2/c1-37(2)24(33-17-4-3-5-19(12-17)40-25(28,29)30)38(18-10-11-20(26)21(27)13-18)14-15-6-8-16(9-7-15)22(39)34-23(35-31)36-32/h3-13H,14,31-32H2,1-2H3,(H2,34,35,36,39). The Balaban J connectivity index is 2.00. The monoisotopic (exact) mass is 596 g/mol. The number of hydrazone groups is 1. The molecule has 10 nitrogen and oxygen atoms in total. The average Bonchev–Trinajstić information content (AvgIpc) is 2.90. The van der Waals surface area contributed by atoms with E-state index in [0.29, 0.717) is 27.3 Å². The van der Waals surface area contributed by atoms with Gasteiger partial charge in [-0.2, -0.15) is 0 Å². The zero-order valence-electron chi connectivity index (χ0n) is 21.2. The minimum absolute atomic E-state index is 0.114. The average molecular weight is 597 g/mol. The molecule has 3 rings (SSSR count). The van der Waals surface area contributed by atoms with E-state index in [2.05, 4.69) is 25.6 Å². The molecule has 6 N–H and O–H groups in total. The van der Waals surface area contributed by atoms with Gasteiger partial charge in [-0.25, -0.2) is 10.8 Å². The van der Waals surface area contributed by atoms with Crippen LogP contribution in [0.5, 0.6) is 5.75 Å². The van der Waals surface area contributed by atoms with Gasteiger partial charge in [0.1, 0.15) is 5.75 Å². The number of hydrazine groups is 1. The van der Waals surface area contributed by atoms with Gasteiger partial charge in [0.15, 0.2) is 0 Å². The van der Waals surface area contributed by atoms with Crippen molar-refractivity contribution in [2.45, 2.75) is 12.9 Å². The van der Waals surface area contributed by atoms with Crippen molar-refractivity contribution in [2.75, 3.05) is 19.0 Å². The summed E-state index contributed by atoms with van der Waals surface area (Å²) >= 11 is 12.4. The molecule has 0 aliphatic rings. The Labute approximate surface area is 238 Å². The first-order chi connectivity index (χ1) is 18.9. The van der Waals surface area contributed by atoms with Crippen LogP contribution >= 0.6 is 23.2 Å². The number of hydrogen-bond acceptors (Lipinski definition) is 6. The van der Waals surface area contributed by atoms with Crippen LogP contribution in [0, 0.1) is 0 Å². The third kappa shape index (κ3) is 8.40. The molecule has 0 saturated heterocycles. The summed E-state index contributed by atoms with van der Waals surface area (Å²) in [4.78, 5) is 20.5. The molecule has 0 aliphatic carbocycles. The molecule has 0 bridgehead atoms. The molecule has 212 valence electrons. The third-order valence-electron chi connectivity index (χ3n) is 5.19. The summed E-state index contributed by atoms with van der Waals surface area (Å²) in [5.74, 6) is 9.73. The van der Waals surface area contributed by atoms with Gasteiger partial charge in [0.05, 0.1) is 22.3 Å². The van der Waals surface area contributed by atoms with E-state index in [-0.39, 0.29) is 18.2 Å². The molecule has 0 aromatic heterocycles. The lowest BCUT2D eigenvalue weighted by Gasteiger charge is -2.31. The topological polar surface area (TPSA) is 134 Å². The summed E-state index contributed by atoms with van der Waals surface area (Å²) in [6, 6.07) is 16.9. The summed E-state index contributed by atoms with van der Waals surface area (Å²) in [6.07, 6.45) is -4.85. The zero-order valence-corrected chi connectivity index (χ0v) is 22.7. The SMILES string of the molecule is CN(C)C(=Nc1cccc(OC(F)(F)F)c1)N(Cc1ccc(C(=O)N/C(=N/N)NN)cc1)c1ccc(Cl)c(Cl)c1. The van der Waals surface area contributed by atoms with Crippen LogP contribution < -0.4 is 32.1 Å². The molecule has 0 spiro atoms. The lowest BCUT2D eigenvalue weighted by atomic mass is 10.1. The Hall–Kier alpha value is -4.20. The molecular formula is C25H25Cl2F3N8O2. The smallest absolute Gasteiger partial charge is 0.406 e. The maximum absolute atomic E-state index is 12.8. The fraction of sp³-hybridized carbons (Fsp3) is 0.160. The summed E-state index contributed by atoms with van der Waals surface area (Å²) < 4.78 is 42.3. The second kappa shape index (κ2) is 13.2. The second-order valence-electron chi connectivity index (χ2n) is 8.31. The van der Waals surface area contributed by atoms with Crippen molar-refractivity contribution >= 4 is 52.4 Å². The molecule has 40 heavy (non-hydrogen) atoms. The highest BCUT2D eigenvalue weighted by Crippen LogP contribution is 2.31. The van der Waals surface area contributed by atoms with Gasteiger partial charge in [-0.15, -0.1) is 18.3 Å². The molecule has 0 fully saturated rings. The van der Waals surface area contributed by atoms with Crippen molar-refractivity contribution < 1.29 is 22.7 Å². The van der Waals surface area contributed by atoms with Crippen LogP contribution in [0.15, 0.2) is 76.8 Å². The first-order valence-electron chi connectivity index (χ1n) is 11.4. The van der Waals surface area contributed by atoms with Crippen LogP contribution in [0.25, 0.3) is 0 Å². The van der Waals surface area contributed by atoms with Crippen molar-refractivity contribution in [1.82, 2.24) is 15.6 Å². The maximum Gasteiger partial charge on any atom is 0.573 e. The minimum atomic E-state index is -4.85. The van der Waals surface area contributed by atoms with Crippen molar-refractivity contribution in [3.63, 3.8) is 0 Å².